The number of amides is 1. The average Bonchev–Trinajstić information content (AvgIpc) is 3.05. The number of aromatic nitrogens is 1. The van der Waals surface area contributed by atoms with Crippen LogP contribution in [0.4, 0.5) is 5.69 Å². The highest BCUT2D eigenvalue weighted by atomic mass is 79.9. The maximum atomic E-state index is 12.9. The summed E-state index contributed by atoms with van der Waals surface area (Å²) in [5.41, 5.74) is 1.36. The number of thiazole rings is 1. The standard InChI is InChI=1S/C21H12BrCl5N2O2S/c22-16-8-28-17(32-16)7-15(30)13-6-12(1-2-14(13)25)29-20(31)19-18(21(19,26)27)9-3-10(23)5-11(24)4-9/h1-6,8,18-19H,7H2,(H,29,31). The molecular weight excluding hydrogens is 601 g/mol. The molecule has 4 nitrogen and oxygen atoms in total. The molecule has 1 aliphatic carbocycles. The van der Waals surface area contributed by atoms with Crippen LogP contribution >= 0.6 is 85.3 Å². The fraction of sp³-hybridized carbons (Fsp3) is 0.190. The molecule has 0 bridgehead atoms. The number of nitrogens with zero attached hydrogens (tertiary/aromatic N) is 1. The van der Waals surface area contributed by atoms with E-state index in [9.17, 15) is 9.59 Å². The summed E-state index contributed by atoms with van der Waals surface area (Å²) in [6, 6.07) is 9.64. The van der Waals surface area contributed by atoms with Crippen molar-refractivity contribution < 1.29 is 9.59 Å². The van der Waals surface area contributed by atoms with Gasteiger partial charge in [0, 0.05) is 27.2 Å². The Balaban J connectivity index is 1.51. The Morgan fingerprint density at radius 3 is 2.41 bits per heavy atom. The van der Waals surface area contributed by atoms with Crippen LogP contribution in [0.3, 0.4) is 0 Å². The van der Waals surface area contributed by atoms with Crippen LogP contribution in [0.1, 0.15) is 26.8 Å². The summed E-state index contributed by atoms with van der Waals surface area (Å²) in [5, 5.41) is 4.57. The molecule has 1 heterocycles. The molecule has 1 N–H and O–H groups in total. The zero-order valence-electron chi connectivity index (χ0n) is 15.8. The Morgan fingerprint density at radius 1 is 1.09 bits per heavy atom. The quantitative estimate of drug-likeness (QED) is 0.228. The molecule has 0 saturated heterocycles. The van der Waals surface area contributed by atoms with Gasteiger partial charge in [-0.2, -0.15) is 0 Å². The van der Waals surface area contributed by atoms with Crippen molar-refractivity contribution in [1.29, 1.82) is 0 Å². The molecule has 2 unspecified atom stereocenters. The van der Waals surface area contributed by atoms with Crippen molar-refractivity contribution >= 4 is 103 Å². The third kappa shape index (κ3) is 5.12. The first kappa shape index (κ1) is 24.3. The molecule has 1 aromatic heterocycles. The predicted molar refractivity (Wildman–Crippen MR) is 135 cm³/mol. The average molecular weight is 614 g/mol. The lowest BCUT2D eigenvalue weighted by Crippen LogP contribution is -2.17. The molecule has 11 heteroatoms. The van der Waals surface area contributed by atoms with E-state index in [0.29, 0.717) is 26.3 Å². The molecule has 3 aromatic rings. The van der Waals surface area contributed by atoms with Crippen molar-refractivity contribution in [3.63, 3.8) is 0 Å². The van der Waals surface area contributed by atoms with Gasteiger partial charge in [-0.3, -0.25) is 9.59 Å². The molecule has 2 aromatic carbocycles. The largest absolute Gasteiger partial charge is 0.326 e. The lowest BCUT2D eigenvalue weighted by molar-refractivity contribution is -0.117. The van der Waals surface area contributed by atoms with Crippen LogP contribution in [0.2, 0.25) is 15.1 Å². The van der Waals surface area contributed by atoms with E-state index < -0.39 is 16.2 Å². The molecule has 0 aliphatic heterocycles. The van der Waals surface area contributed by atoms with Gasteiger partial charge in [-0.15, -0.1) is 34.5 Å². The normalized spacial score (nSPS) is 18.9. The highest BCUT2D eigenvalue weighted by Gasteiger charge is 2.67. The van der Waals surface area contributed by atoms with Gasteiger partial charge in [-0.05, 0) is 57.9 Å². The number of nitrogens with one attached hydrogen (secondary N) is 1. The molecule has 0 spiro atoms. The van der Waals surface area contributed by atoms with Crippen LogP contribution < -0.4 is 5.32 Å². The number of carbonyl (C=O) groups excluding carboxylic acids is 2. The lowest BCUT2D eigenvalue weighted by Gasteiger charge is -2.09. The van der Waals surface area contributed by atoms with Gasteiger partial charge in [0.05, 0.1) is 27.3 Å². The van der Waals surface area contributed by atoms with Gasteiger partial charge in [-0.1, -0.05) is 34.8 Å². The van der Waals surface area contributed by atoms with Crippen LogP contribution in [-0.2, 0) is 11.2 Å². The number of anilines is 1. The third-order valence-electron chi connectivity index (χ3n) is 4.95. The number of ketones is 1. The van der Waals surface area contributed by atoms with Crippen LogP contribution in [0, 0.1) is 5.92 Å². The maximum absolute atomic E-state index is 12.9. The highest BCUT2D eigenvalue weighted by molar-refractivity contribution is 9.11. The van der Waals surface area contributed by atoms with Crippen molar-refractivity contribution in [2.45, 2.75) is 16.7 Å². The molecule has 166 valence electrons. The minimum Gasteiger partial charge on any atom is -0.326 e. The van der Waals surface area contributed by atoms with Crippen molar-refractivity contribution in [2.24, 2.45) is 5.92 Å². The summed E-state index contributed by atoms with van der Waals surface area (Å²) in [7, 11) is 0. The molecule has 1 aliphatic rings. The van der Waals surface area contributed by atoms with Crippen LogP contribution in [0.5, 0.6) is 0 Å². The SMILES string of the molecule is O=C(Cc1ncc(Br)s1)c1cc(NC(=O)C2C(c3cc(Cl)cc(Cl)c3)C2(Cl)Cl)ccc1Cl. The highest BCUT2D eigenvalue weighted by Crippen LogP contribution is 2.65. The smallest absolute Gasteiger partial charge is 0.231 e. The number of benzene rings is 2. The topological polar surface area (TPSA) is 59.1 Å². The van der Waals surface area contributed by atoms with Crippen LogP contribution in [-0.4, -0.2) is 21.0 Å². The van der Waals surface area contributed by atoms with Gasteiger partial charge < -0.3 is 5.32 Å². The van der Waals surface area contributed by atoms with E-state index in [0.717, 1.165) is 3.79 Å². The monoisotopic (exact) mass is 610 g/mol. The first-order valence-electron chi connectivity index (χ1n) is 9.14. The lowest BCUT2D eigenvalue weighted by atomic mass is 10.1. The number of carbonyl (C=O) groups is 2. The van der Waals surface area contributed by atoms with E-state index >= 15 is 0 Å². The number of rotatable bonds is 6. The molecule has 2 atom stereocenters. The van der Waals surface area contributed by atoms with Gasteiger partial charge in [0.2, 0.25) is 5.91 Å². The summed E-state index contributed by atoms with van der Waals surface area (Å²) >= 11 is 35.9. The summed E-state index contributed by atoms with van der Waals surface area (Å²) in [5.74, 6) is -1.79. The predicted octanol–water partition coefficient (Wildman–Crippen LogP) is 7.82. The van der Waals surface area contributed by atoms with Crippen molar-refractivity contribution in [3.8, 4) is 0 Å². The van der Waals surface area contributed by atoms with E-state index in [1.165, 1.54) is 17.4 Å². The Bertz CT molecular complexity index is 1210. The van der Waals surface area contributed by atoms with E-state index in [1.807, 2.05) is 0 Å². The number of hydrogen-bond donors (Lipinski definition) is 1. The summed E-state index contributed by atoms with van der Waals surface area (Å²) < 4.78 is -0.473. The fourth-order valence-corrected chi connectivity index (χ4v) is 6.36. The number of hydrogen-bond acceptors (Lipinski definition) is 4. The van der Waals surface area contributed by atoms with Gasteiger partial charge in [0.1, 0.15) is 9.34 Å². The molecular formula is C21H12BrCl5N2O2S. The molecule has 0 radical (unpaired) electrons. The maximum Gasteiger partial charge on any atom is 0.231 e. The van der Waals surface area contributed by atoms with E-state index in [1.54, 1.807) is 36.5 Å². The van der Waals surface area contributed by atoms with Crippen molar-refractivity contribution in [2.75, 3.05) is 5.32 Å². The van der Waals surface area contributed by atoms with E-state index in [2.05, 4.69) is 26.2 Å². The second kappa shape index (κ2) is 9.41. The number of halogens is 6. The molecule has 32 heavy (non-hydrogen) atoms. The first-order chi connectivity index (χ1) is 15.1. The first-order valence-corrected chi connectivity index (χ1v) is 12.6. The zero-order chi connectivity index (χ0) is 23.2. The molecule has 4 rings (SSSR count). The van der Waals surface area contributed by atoms with Gasteiger partial charge >= 0.3 is 0 Å². The van der Waals surface area contributed by atoms with E-state index in [4.69, 9.17) is 58.0 Å². The second-order valence-corrected chi connectivity index (χ2v) is 12.4. The van der Waals surface area contributed by atoms with Gasteiger partial charge in [-0.25, -0.2) is 4.98 Å². The zero-order valence-corrected chi connectivity index (χ0v) is 22.0. The number of Topliss-reactive ketones (excluding diaryl/α,β-unsaturated/α-hetero) is 1. The molecule has 1 saturated carbocycles. The minimum atomic E-state index is -1.30. The van der Waals surface area contributed by atoms with Crippen LogP contribution in [0.25, 0.3) is 0 Å². The summed E-state index contributed by atoms with van der Waals surface area (Å²) in [6.07, 6.45) is 1.73. The number of alkyl halides is 2. The van der Waals surface area contributed by atoms with E-state index in [-0.39, 0.29) is 28.7 Å². The third-order valence-corrected chi connectivity index (χ3v) is 8.13. The second-order valence-electron chi connectivity index (χ2n) is 7.17. The van der Waals surface area contributed by atoms with Gasteiger partial charge in [0.15, 0.2) is 5.78 Å². The Labute approximate surface area is 221 Å². The summed E-state index contributed by atoms with van der Waals surface area (Å²) in [6.45, 7) is 0. The van der Waals surface area contributed by atoms with Crippen LogP contribution in [0.15, 0.2) is 46.4 Å². The molecule has 1 amide bonds. The summed E-state index contributed by atoms with van der Waals surface area (Å²) in [4.78, 5) is 29.8. The van der Waals surface area contributed by atoms with Crippen molar-refractivity contribution in [3.05, 3.63) is 77.6 Å². The molecule has 1 fully saturated rings. The Kier molecular flexibility index (Phi) is 7.14. The minimum absolute atomic E-state index is 0.0973. The van der Waals surface area contributed by atoms with Crippen molar-refractivity contribution in [1.82, 2.24) is 4.98 Å². The Morgan fingerprint density at radius 2 is 1.78 bits per heavy atom. The Hall–Kier alpha value is -0.860. The van der Waals surface area contributed by atoms with Gasteiger partial charge in [0.25, 0.3) is 0 Å². The fourth-order valence-electron chi connectivity index (χ4n) is 3.46.